The third kappa shape index (κ3) is 7.78. The molecule has 10 atom stereocenters. The monoisotopic (exact) mass is 805 g/mol. The first-order valence-corrected chi connectivity index (χ1v) is 19.9. The van der Waals surface area contributed by atoms with Crippen LogP contribution in [0.15, 0.2) is 58.8 Å². The molecule has 284 valence electrons. The van der Waals surface area contributed by atoms with Crippen LogP contribution in [0.2, 0.25) is 0 Å². The Morgan fingerprint density at radius 2 is 1.72 bits per heavy atom. The number of halogens is 2. The van der Waals surface area contributed by atoms with Crippen molar-refractivity contribution in [1.29, 1.82) is 0 Å². The van der Waals surface area contributed by atoms with E-state index in [1.165, 1.54) is 35.2 Å². The van der Waals surface area contributed by atoms with Crippen molar-refractivity contribution in [1.82, 2.24) is 29.1 Å². The van der Waals surface area contributed by atoms with Gasteiger partial charge < -0.3 is 29.9 Å². The van der Waals surface area contributed by atoms with Crippen LogP contribution < -0.4 is 21.7 Å². The number of rotatable bonds is 6. The predicted molar refractivity (Wildman–Crippen MR) is 174 cm³/mol. The van der Waals surface area contributed by atoms with Gasteiger partial charge in [-0.15, -0.1) is 0 Å². The number of carboxylic acid groups (broad SMARTS) is 1. The predicted octanol–water partition coefficient (Wildman–Crippen LogP) is 2.45. The summed E-state index contributed by atoms with van der Waals surface area (Å²) in [7, 11) is -5.27. The Balaban J connectivity index is 1.24. The van der Waals surface area contributed by atoms with Crippen LogP contribution in [0, 0.1) is 0 Å². The Morgan fingerprint density at radius 1 is 0.981 bits per heavy atom. The lowest BCUT2D eigenvalue weighted by atomic mass is 10.1. The van der Waals surface area contributed by atoms with Crippen molar-refractivity contribution >= 4 is 49.1 Å². The van der Waals surface area contributed by atoms with Crippen LogP contribution in [0.5, 0.6) is 5.75 Å². The number of aromatic amines is 1. The van der Waals surface area contributed by atoms with E-state index in [4.69, 9.17) is 38.4 Å². The molecule has 2 unspecified atom stereocenters. The average Bonchev–Trinajstić information content (AvgIpc) is 3.76. The first kappa shape index (κ1) is 37.2. The molecule has 0 amide bonds. The normalized spacial score (nSPS) is 33.4. The standard InChI is InChI=1S/C27H27F2N7O14P2S/c28-17-14-7-44-51(41,42)49-20-15(48-24(18(20)29)35-6-5-16(37)34-26(35)38)8-45-52(43,53-9-12-1-3-13(4-2-12)46-27(39)40)50-21(17)25(47-14)36-11-33-19-22(30)31-10-32-23(19)36/h1-6,10-11,14-15,17-18,20-21,24-25H,7-9H2,(H,39,40)(H,41,42)(H2,30,31,32)(H,34,37,38)/t14-,15-,17-,18-,20-,21-,24-,25-,52?/m1/s1. The second kappa shape index (κ2) is 14.6. The van der Waals surface area contributed by atoms with E-state index < -0.39 is 94.5 Å². The van der Waals surface area contributed by atoms with Gasteiger partial charge in [0.05, 0.1) is 19.5 Å². The molecule has 0 saturated carbocycles. The molecule has 0 aliphatic carbocycles. The number of hydrogen-bond donors (Lipinski definition) is 4. The number of carbonyl (C=O) groups is 1. The molecule has 6 heterocycles. The third-order valence-corrected chi connectivity index (χ3v) is 12.8. The van der Waals surface area contributed by atoms with Crippen LogP contribution in [0.4, 0.5) is 19.4 Å². The van der Waals surface area contributed by atoms with Gasteiger partial charge in [0.2, 0.25) is 0 Å². The van der Waals surface area contributed by atoms with Gasteiger partial charge in [-0.25, -0.2) is 42.5 Å². The lowest BCUT2D eigenvalue weighted by Crippen LogP contribution is -2.36. The van der Waals surface area contributed by atoms with Crippen molar-refractivity contribution in [3.05, 3.63) is 75.6 Å². The zero-order valence-electron chi connectivity index (χ0n) is 26.5. The Labute approximate surface area is 298 Å². The maximum Gasteiger partial charge on any atom is 0.511 e. The number of alkyl halides is 2. The molecular formula is C27H27F2N7O14P2S. The number of ether oxygens (including phenoxy) is 3. The second-order valence-electron chi connectivity index (χ2n) is 11.6. The summed E-state index contributed by atoms with van der Waals surface area (Å²) < 4.78 is 100. The van der Waals surface area contributed by atoms with Gasteiger partial charge in [-0.1, -0.05) is 12.1 Å². The number of nitrogens with zero attached hydrogens (tertiary/aromatic N) is 5. The highest BCUT2D eigenvalue weighted by Gasteiger charge is 2.55. The molecule has 2 bridgehead atoms. The molecule has 3 saturated heterocycles. The first-order valence-electron chi connectivity index (χ1n) is 15.3. The average molecular weight is 806 g/mol. The maximum atomic E-state index is 16.3. The van der Waals surface area contributed by atoms with Gasteiger partial charge in [0.1, 0.15) is 42.0 Å². The van der Waals surface area contributed by atoms with E-state index >= 15 is 8.78 Å². The third-order valence-electron chi connectivity index (χ3n) is 8.14. The maximum absolute atomic E-state index is 16.3. The Hall–Kier alpha value is -4.09. The zero-order valence-corrected chi connectivity index (χ0v) is 29.1. The zero-order chi connectivity index (χ0) is 37.7. The van der Waals surface area contributed by atoms with E-state index in [-0.39, 0.29) is 28.5 Å². The number of anilines is 1. The summed E-state index contributed by atoms with van der Waals surface area (Å²) >= 11 is 0.550. The van der Waals surface area contributed by atoms with Crippen LogP contribution in [0.25, 0.3) is 11.2 Å². The number of nitrogen functional groups attached to an aromatic ring is 1. The van der Waals surface area contributed by atoms with E-state index in [0.717, 1.165) is 18.6 Å². The fourth-order valence-corrected chi connectivity index (χ4v) is 10.0. The molecule has 3 aromatic heterocycles. The molecule has 0 spiro atoms. The van der Waals surface area contributed by atoms with Crippen LogP contribution in [-0.2, 0) is 42.5 Å². The van der Waals surface area contributed by atoms with Gasteiger partial charge in [-0.3, -0.25) is 37.0 Å². The molecule has 21 nitrogen and oxygen atoms in total. The topological polar surface area (TPSA) is 281 Å². The van der Waals surface area contributed by atoms with Crippen LogP contribution >= 0.6 is 26.0 Å². The summed E-state index contributed by atoms with van der Waals surface area (Å²) in [5.41, 5.74) is 4.66. The highest BCUT2D eigenvalue weighted by molar-refractivity contribution is 8.54. The molecule has 26 heteroatoms. The van der Waals surface area contributed by atoms with Gasteiger partial charge >= 0.3 is 26.5 Å². The van der Waals surface area contributed by atoms with E-state index in [9.17, 15) is 28.4 Å². The van der Waals surface area contributed by atoms with E-state index in [0.29, 0.717) is 21.5 Å². The number of phosphoric acid groups is 1. The second-order valence-corrected chi connectivity index (χ2v) is 17.0. The lowest BCUT2D eigenvalue weighted by molar-refractivity contribution is -0.0620. The van der Waals surface area contributed by atoms with Crippen molar-refractivity contribution < 1.29 is 65.0 Å². The van der Waals surface area contributed by atoms with Crippen LogP contribution in [-0.4, -0.2) is 95.2 Å². The summed E-state index contributed by atoms with van der Waals surface area (Å²) in [6, 6.07) is 6.47. The minimum absolute atomic E-state index is 0.00790. The van der Waals surface area contributed by atoms with E-state index in [1.54, 1.807) is 0 Å². The molecule has 3 aliphatic rings. The summed E-state index contributed by atoms with van der Waals surface area (Å²) in [5.74, 6) is -0.181. The molecular weight excluding hydrogens is 778 g/mol. The van der Waals surface area contributed by atoms with Crippen molar-refractivity contribution in [3.8, 4) is 5.75 Å². The highest BCUT2D eigenvalue weighted by atomic mass is 32.7. The molecule has 7 rings (SSSR count). The molecule has 0 radical (unpaired) electrons. The number of imidazole rings is 1. The number of nitrogens with one attached hydrogen (secondary N) is 1. The molecule has 5 N–H and O–H groups in total. The van der Waals surface area contributed by atoms with Gasteiger partial charge in [-0.05, 0) is 29.1 Å². The van der Waals surface area contributed by atoms with Crippen molar-refractivity contribution in [3.63, 3.8) is 0 Å². The lowest BCUT2D eigenvalue weighted by Gasteiger charge is -2.27. The SMILES string of the molecule is Nc1ncnc2c1ncn2[C@@H]1O[C@@H]2COP(=O)(O)O[C@H]3[C@@H](F)[C@H](n4ccc(=O)[nH]c4=O)O[C@@H]3COP(=O)(SCc3ccc(OC(=O)O)cc3)O[C@@H]1[C@@H]2F. The van der Waals surface area contributed by atoms with Gasteiger partial charge in [0.15, 0.2) is 36.3 Å². The molecule has 53 heavy (non-hydrogen) atoms. The van der Waals surface area contributed by atoms with E-state index in [2.05, 4.69) is 19.7 Å². The fraction of sp³-hybridized carbons (Fsp3) is 0.407. The van der Waals surface area contributed by atoms with Crippen molar-refractivity contribution in [2.75, 3.05) is 18.9 Å². The number of benzene rings is 1. The number of nitrogens with two attached hydrogens (primary N) is 1. The van der Waals surface area contributed by atoms with Crippen LogP contribution in [0.3, 0.4) is 0 Å². The van der Waals surface area contributed by atoms with Gasteiger partial charge in [0, 0.05) is 18.0 Å². The number of aromatic nitrogens is 6. The number of fused-ring (bicyclic) bond motifs is 4. The fourth-order valence-electron chi connectivity index (χ4n) is 5.70. The van der Waals surface area contributed by atoms with Gasteiger partial charge in [0.25, 0.3) is 5.56 Å². The molecule has 3 fully saturated rings. The summed E-state index contributed by atoms with van der Waals surface area (Å²) in [6.45, 7) is -6.49. The molecule has 4 aromatic rings. The highest BCUT2D eigenvalue weighted by Crippen LogP contribution is 2.65. The summed E-state index contributed by atoms with van der Waals surface area (Å²) in [6.07, 6.45) is -13.4. The van der Waals surface area contributed by atoms with Crippen molar-refractivity contribution in [2.24, 2.45) is 0 Å². The molecule has 1 aromatic carbocycles. The first-order chi connectivity index (χ1) is 25.2. The van der Waals surface area contributed by atoms with Crippen molar-refractivity contribution in [2.45, 2.75) is 55.0 Å². The largest absolute Gasteiger partial charge is 0.511 e. The summed E-state index contributed by atoms with van der Waals surface area (Å²) in [5, 5.41) is 8.88. The van der Waals surface area contributed by atoms with Gasteiger partial charge in [-0.2, -0.15) is 0 Å². The number of hydrogen-bond acceptors (Lipinski definition) is 17. The Bertz CT molecular complexity index is 2230. The minimum Gasteiger partial charge on any atom is -0.449 e. The number of phosphoric ester groups is 1. The minimum atomic E-state index is -5.27. The van der Waals surface area contributed by atoms with E-state index in [1.807, 2.05) is 4.98 Å². The Morgan fingerprint density at radius 3 is 2.45 bits per heavy atom. The number of H-pyrrole nitrogens is 1. The molecule has 3 aliphatic heterocycles. The smallest absolute Gasteiger partial charge is 0.449 e. The van der Waals surface area contributed by atoms with Crippen LogP contribution in [0.1, 0.15) is 18.0 Å². The Kier molecular flexibility index (Phi) is 10.3. The quantitative estimate of drug-likeness (QED) is 0.124. The summed E-state index contributed by atoms with van der Waals surface area (Å²) in [4.78, 5) is 59.7.